The van der Waals surface area contributed by atoms with Crippen LogP contribution < -0.4 is 16.4 Å². The predicted molar refractivity (Wildman–Crippen MR) is 76.4 cm³/mol. The Hall–Kier alpha value is -1.76. The molecule has 19 heavy (non-hydrogen) atoms. The number of amidine groups is 1. The second kappa shape index (κ2) is 5.92. The number of nitrogens with one attached hydrogen (secondary N) is 2. The number of benzene rings is 1. The molecule has 0 bridgehead atoms. The van der Waals surface area contributed by atoms with E-state index in [0.717, 1.165) is 23.7 Å². The second-order valence-electron chi connectivity index (χ2n) is 4.40. The third-order valence-electron chi connectivity index (χ3n) is 3.05. The molecule has 5 N–H and O–H groups in total. The number of hydrogen-bond donors (Lipinski definition) is 4. The number of carbonyl (C=O) groups excluding carboxylic acids is 1. The first kappa shape index (κ1) is 13.7. The Balaban J connectivity index is 2.13. The Bertz CT molecular complexity index is 514. The van der Waals surface area contributed by atoms with E-state index >= 15 is 0 Å². The number of oxime groups is 1. The minimum Gasteiger partial charge on any atom is -0.409 e. The molecular formula is C12H15BrN4O2. The molecule has 0 aromatic heterocycles. The number of rotatable bonds is 3. The monoisotopic (exact) mass is 326 g/mol. The van der Waals surface area contributed by atoms with E-state index in [0.29, 0.717) is 11.3 Å². The molecule has 7 heteroatoms. The molecule has 0 unspecified atom stereocenters. The number of anilines is 1. The van der Waals surface area contributed by atoms with Crippen LogP contribution in [0.4, 0.5) is 10.5 Å². The molecule has 6 nitrogen and oxygen atoms in total. The molecule has 0 spiro atoms. The van der Waals surface area contributed by atoms with Crippen LogP contribution in [0.25, 0.3) is 0 Å². The average Bonchev–Trinajstić information content (AvgIpc) is 2.33. The first-order valence-electron chi connectivity index (χ1n) is 5.95. The maximum Gasteiger partial charge on any atom is 0.319 e. The van der Waals surface area contributed by atoms with Gasteiger partial charge in [-0.15, -0.1) is 0 Å². The third-order valence-corrected chi connectivity index (χ3v) is 3.55. The number of halogens is 1. The van der Waals surface area contributed by atoms with Gasteiger partial charge in [-0.1, -0.05) is 21.1 Å². The van der Waals surface area contributed by atoms with Crippen LogP contribution in [0.3, 0.4) is 0 Å². The minimum absolute atomic E-state index is 0.0496. The molecule has 0 saturated heterocycles. The fraction of sp³-hybridized carbons (Fsp3) is 0.333. The van der Waals surface area contributed by atoms with Crippen LogP contribution in [0.5, 0.6) is 0 Å². The number of carbonyl (C=O) groups is 1. The lowest BCUT2D eigenvalue weighted by Crippen LogP contribution is -2.42. The van der Waals surface area contributed by atoms with Gasteiger partial charge < -0.3 is 21.6 Å². The van der Waals surface area contributed by atoms with Gasteiger partial charge in [0.05, 0.1) is 5.69 Å². The standard InChI is InChI=1S/C12H15BrN4O2/c13-7-4-5-9(11(14)17-19)10(6-7)16-12(18)15-8-2-1-3-8/h4-6,8,19H,1-3H2,(H2,14,17)(H2,15,16,18). The van der Waals surface area contributed by atoms with E-state index in [1.807, 2.05) is 0 Å². The summed E-state index contributed by atoms with van der Waals surface area (Å²) < 4.78 is 0.793. The molecule has 2 amide bonds. The van der Waals surface area contributed by atoms with Crippen molar-refractivity contribution in [3.05, 3.63) is 28.2 Å². The Kier molecular flexibility index (Phi) is 4.26. The van der Waals surface area contributed by atoms with Crippen LogP contribution in [-0.2, 0) is 0 Å². The van der Waals surface area contributed by atoms with Gasteiger partial charge in [-0.2, -0.15) is 0 Å². The summed E-state index contributed by atoms with van der Waals surface area (Å²) in [5.74, 6) is -0.0496. The fourth-order valence-electron chi connectivity index (χ4n) is 1.79. The summed E-state index contributed by atoms with van der Waals surface area (Å²) in [6, 6.07) is 5.09. The van der Waals surface area contributed by atoms with Gasteiger partial charge in [-0.05, 0) is 37.5 Å². The number of amides is 2. The Morgan fingerprint density at radius 3 is 2.79 bits per heavy atom. The number of nitrogens with two attached hydrogens (primary N) is 1. The number of nitrogens with zero attached hydrogens (tertiary/aromatic N) is 1. The van der Waals surface area contributed by atoms with Crippen LogP contribution in [0.1, 0.15) is 24.8 Å². The minimum atomic E-state index is -0.283. The van der Waals surface area contributed by atoms with Crippen LogP contribution in [-0.4, -0.2) is 23.1 Å². The van der Waals surface area contributed by atoms with Gasteiger partial charge in [0.25, 0.3) is 0 Å². The molecule has 1 aromatic rings. The van der Waals surface area contributed by atoms with E-state index < -0.39 is 0 Å². The van der Waals surface area contributed by atoms with Crippen molar-refractivity contribution in [2.24, 2.45) is 10.9 Å². The molecule has 2 rings (SSSR count). The summed E-state index contributed by atoms with van der Waals surface area (Å²) in [6.07, 6.45) is 3.18. The van der Waals surface area contributed by atoms with Crippen molar-refractivity contribution in [1.82, 2.24) is 5.32 Å². The van der Waals surface area contributed by atoms with Gasteiger partial charge >= 0.3 is 6.03 Å². The van der Waals surface area contributed by atoms with Crippen molar-refractivity contribution in [2.75, 3.05) is 5.32 Å². The van der Waals surface area contributed by atoms with Crippen molar-refractivity contribution in [3.8, 4) is 0 Å². The molecule has 0 radical (unpaired) electrons. The smallest absolute Gasteiger partial charge is 0.319 e. The third kappa shape index (κ3) is 3.37. The summed E-state index contributed by atoms with van der Waals surface area (Å²) in [6.45, 7) is 0. The molecule has 1 aromatic carbocycles. The van der Waals surface area contributed by atoms with E-state index in [4.69, 9.17) is 10.9 Å². The van der Waals surface area contributed by atoms with E-state index in [9.17, 15) is 4.79 Å². The SMILES string of the molecule is N/C(=N/O)c1ccc(Br)cc1NC(=O)NC1CCC1. The zero-order valence-electron chi connectivity index (χ0n) is 10.2. The van der Waals surface area contributed by atoms with Gasteiger partial charge in [0.15, 0.2) is 5.84 Å². The Morgan fingerprint density at radius 2 is 2.21 bits per heavy atom. The normalized spacial score (nSPS) is 15.7. The highest BCUT2D eigenvalue weighted by Gasteiger charge is 2.20. The highest BCUT2D eigenvalue weighted by molar-refractivity contribution is 9.10. The Labute approximate surface area is 119 Å². The topological polar surface area (TPSA) is 99.7 Å². The number of hydrogen-bond acceptors (Lipinski definition) is 3. The first-order chi connectivity index (χ1) is 9.10. The van der Waals surface area contributed by atoms with E-state index in [2.05, 4.69) is 31.7 Å². The zero-order valence-corrected chi connectivity index (χ0v) is 11.8. The molecule has 102 valence electrons. The summed E-state index contributed by atoms with van der Waals surface area (Å²) in [7, 11) is 0. The molecular weight excluding hydrogens is 312 g/mol. The summed E-state index contributed by atoms with van der Waals surface area (Å²) in [4.78, 5) is 11.8. The van der Waals surface area contributed by atoms with Crippen molar-refractivity contribution in [1.29, 1.82) is 0 Å². The maximum absolute atomic E-state index is 11.8. The van der Waals surface area contributed by atoms with E-state index in [1.54, 1.807) is 18.2 Å². The van der Waals surface area contributed by atoms with Crippen molar-refractivity contribution in [3.63, 3.8) is 0 Å². The van der Waals surface area contributed by atoms with Crippen LogP contribution in [0.15, 0.2) is 27.8 Å². The van der Waals surface area contributed by atoms with Crippen LogP contribution in [0, 0.1) is 0 Å². The summed E-state index contributed by atoms with van der Waals surface area (Å²) in [5.41, 5.74) is 6.53. The van der Waals surface area contributed by atoms with Gasteiger partial charge in [-0.25, -0.2) is 4.79 Å². The van der Waals surface area contributed by atoms with Crippen LogP contribution >= 0.6 is 15.9 Å². The van der Waals surface area contributed by atoms with Crippen LogP contribution in [0.2, 0.25) is 0 Å². The molecule has 0 aliphatic heterocycles. The second-order valence-corrected chi connectivity index (χ2v) is 5.32. The summed E-state index contributed by atoms with van der Waals surface area (Å²) in [5, 5.41) is 17.3. The largest absolute Gasteiger partial charge is 0.409 e. The lowest BCUT2D eigenvalue weighted by atomic mass is 9.93. The predicted octanol–water partition coefficient (Wildman–Crippen LogP) is 2.22. The van der Waals surface area contributed by atoms with Gasteiger partial charge in [0, 0.05) is 16.1 Å². The van der Waals surface area contributed by atoms with E-state index in [-0.39, 0.29) is 17.9 Å². The summed E-state index contributed by atoms with van der Waals surface area (Å²) >= 11 is 3.32. The lowest BCUT2D eigenvalue weighted by Gasteiger charge is -2.26. The van der Waals surface area contributed by atoms with Gasteiger partial charge in [0.2, 0.25) is 0 Å². The highest BCUT2D eigenvalue weighted by atomic mass is 79.9. The quantitative estimate of drug-likeness (QED) is 0.296. The Morgan fingerprint density at radius 1 is 1.47 bits per heavy atom. The molecule has 1 aliphatic carbocycles. The van der Waals surface area contributed by atoms with Crippen molar-refractivity contribution < 1.29 is 10.0 Å². The van der Waals surface area contributed by atoms with Gasteiger partial charge in [0.1, 0.15) is 0 Å². The highest BCUT2D eigenvalue weighted by Crippen LogP contribution is 2.22. The van der Waals surface area contributed by atoms with E-state index in [1.165, 1.54) is 0 Å². The van der Waals surface area contributed by atoms with Crippen molar-refractivity contribution >= 4 is 33.5 Å². The zero-order chi connectivity index (χ0) is 13.8. The molecule has 0 heterocycles. The first-order valence-corrected chi connectivity index (χ1v) is 6.74. The maximum atomic E-state index is 11.8. The molecule has 0 atom stereocenters. The fourth-order valence-corrected chi connectivity index (χ4v) is 2.15. The molecule has 1 saturated carbocycles. The van der Waals surface area contributed by atoms with Crippen molar-refractivity contribution in [2.45, 2.75) is 25.3 Å². The molecule has 1 aliphatic rings. The van der Waals surface area contributed by atoms with Gasteiger partial charge in [-0.3, -0.25) is 0 Å². The number of urea groups is 1. The lowest BCUT2D eigenvalue weighted by molar-refractivity contribution is 0.240. The average molecular weight is 327 g/mol. The molecule has 1 fully saturated rings.